The van der Waals surface area contributed by atoms with Crippen molar-refractivity contribution in [3.05, 3.63) is 11.3 Å². The summed E-state index contributed by atoms with van der Waals surface area (Å²) in [5, 5.41) is 9.22. The van der Waals surface area contributed by atoms with Crippen LogP contribution in [0.3, 0.4) is 0 Å². The maximum Gasteiger partial charge on any atom is 0.373 e. The maximum absolute atomic E-state index is 11.0. The van der Waals surface area contributed by atoms with Crippen LogP contribution in [0.5, 0.6) is 0 Å². The summed E-state index contributed by atoms with van der Waals surface area (Å²) in [4.78, 5) is 22.0. The van der Waals surface area contributed by atoms with E-state index in [9.17, 15) is 14.7 Å². The zero-order chi connectivity index (χ0) is 11.1. The van der Waals surface area contributed by atoms with Crippen LogP contribution in [0.2, 0.25) is 0 Å². The van der Waals surface area contributed by atoms with E-state index in [2.05, 4.69) is 9.47 Å². The number of carbonyl (C=O) groups excluding carboxylic acids is 2. The minimum absolute atomic E-state index is 0. The molecule has 0 saturated heterocycles. The van der Waals surface area contributed by atoms with Crippen molar-refractivity contribution in [1.29, 1.82) is 0 Å². The summed E-state index contributed by atoms with van der Waals surface area (Å²) < 4.78 is 9.09. The van der Waals surface area contributed by atoms with E-state index in [1.807, 2.05) is 0 Å². The van der Waals surface area contributed by atoms with Gasteiger partial charge in [0.25, 0.3) is 0 Å². The van der Waals surface area contributed by atoms with Crippen LogP contribution >= 0.6 is 0 Å². The molecule has 0 aliphatic carbocycles. The van der Waals surface area contributed by atoms with E-state index in [1.54, 1.807) is 13.8 Å². The molecule has 0 atom stereocenters. The minimum atomic E-state index is -0.918. The molecule has 6 heteroatoms. The maximum atomic E-state index is 11.0. The Morgan fingerprint density at radius 1 is 1.07 bits per heavy atom. The van der Waals surface area contributed by atoms with E-state index in [-0.39, 0.29) is 48.3 Å². The third kappa shape index (κ3) is 5.81. The molecule has 0 saturated carbocycles. The van der Waals surface area contributed by atoms with Crippen molar-refractivity contribution in [2.75, 3.05) is 13.2 Å². The van der Waals surface area contributed by atoms with E-state index in [0.717, 1.165) is 0 Å². The van der Waals surface area contributed by atoms with Gasteiger partial charge in [-0.15, -0.1) is 0 Å². The average Bonchev–Trinajstić information content (AvgIpc) is 2.16. The van der Waals surface area contributed by atoms with Crippen molar-refractivity contribution < 1.29 is 24.2 Å². The van der Waals surface area contributed by atoms with Crippen LogP contribution in [-0.2, 0) is 19.1 Å². The molecule has 1 radical (unpaired) electrons. The summed E-state index contributed by atoms with van der Waals surface area (Å²) in [5.41, 5.74) is -0.148. The zero-order valence-corrected chi connectivity index (χ0v) is 11.5. The number of aliphatic hydroxyl groups excluding tert-OH is 1. The molecule has 0 bridgehead atoms. The molecule has 0 heterocycles. The van der Waals surface area contributed by atoms with E-state index in [0.29, 0.717) is 0 Å². The third-order valence-electron chi connectivity index (χ3n) is 1.41. The van der Waals surface area contributed by atoms with Crippen molar-refractivity contribution in [3.8, 4) is 0 Å². The molecular weight excluding hydrogens is 211 g/mol. The van der Waals surface area contributed by atoms with Gasteiger partial charge in [-0.2, -0.15) is 0 Å². The van der Waals surface area contributed by atoms with Gasteiger partial charge in [-0.3, -0.25) is 0 Å². The second-order valence-electron chi connectivity index (χ2n) is 2.41. The van der Waals surface area contributed by atoms with Gasteiger partial charge in [0.15, 0.2) is 0 Å². The molecule has 1 N–H and O–H groups in total. The smallest absolute Gasteiger partial charge is 0.373 e. The van der Waals surface area contributed by atoms with E-state index < -0.39 is 17.7 Å². The van der Waals surface area contributed by atoms with E-state index in [4.69, 9.17) is 0 Å². The Morgan fingerprint density at radius 3 is 1.87 bits per heavy atom. The van der Waals surface area contributed by atoms with Crippen LogP contribution in [0.4, 0.5) is 0 Å². The molecule has 0 spiro atoms. The van der Waals surface area contributed by atoms with Crippen molar-refractivity contribution in [2.24, 2.45) is 0 Å². The molecule has 0 fully saturated rings. The van der Waals surface area contributed by atoms with Gasteiger partial charge in [0.05, 0.1) is 18.8 Å². The second-order valence-corrected chi connectivity index (χ2v) is 2.41. The van der Waals surface area contributed by atoms with Gasteiger partial charge in [-0.05, 0) is 20.8 Å². The fraction of sp³-hybridized carbons (Fsp3) is 0.556. The Hall–Kier alpha value is -0.520. The normalized spacial score (nSPS) is 10.9. The van der Waals surface area contributed by atoms with E-state index >= 15 is 0 Å². The van der Waals surface area contributed by atoms with Crippen molar-refractivity contribution in [1.82, 2.24) is 0 Å². The third-order valence-corrected chi connectivity index (χ3v) is 1.41. The van der Waals surface area contributed by atoms with Gasteiger partial charge in [-0.1, -0.05) is 0 Å². The van der Waals surface area contributed by atoms with Crippen LogP contribution in [0.1, 0.15) is 20.8 Å². The molecule has 0 aromatic carbocycles. The molecule has 0 aromatic rings. The predicted molar refractivity (Wildman–Crippen MR) is 54.3 cm³/mol. The molecule has 15 heavy (non-hydrogen) atoms. The molecule has 0 aliphatic rings. The summed E-state index contributed by atoms with van der Waals surface area (Å²) in [6.45, 7) is 4.85. The van der Waals surface area contributed by atoms with Crippen LogP contribution in [-0.4, -0.2) is 59.8 Å². The first-order valence-electron chi connectivity index (χ1n) is 4.28. The van der Waals surface area contributed by atoms with Crippen LogP contribution < -0.4 is 0 Å². The van der Waals surface area contributed by atoms with Crippen LogP contribution in [0.15, 0.2) is 11.3 Å². The van der Waals surface area contributed by atoms with E-state index in [1.165, 1.54) is 6.92 Å². The summed E-state index contributed by atoms with van der Waals surface area (Å²) in [6.07, 6.45) is 0. The first-order chi connectivity index (χ1) is 6.54. The van der Waals surface area contributed by atoms with Gasteiger partial charge < -0.3 is 14.6 Å². The Bertz CT molecular complexity index is 233. The molecule has 81 valence electrons. The number of aliphatic hydroxyl groups is 1. The SMILES string of the molecule is CCOC(=O)/C(C)=C(\O)C(=O)OCC.[Na]. The van der Waals surface area contributed by atoms with Gasteiger partial charge in [0, 0.05) is 29.6 Å². The fourth-order valence-electron chi connectivity index (χ4n) is 0.689. The molecule has 5 nitrogen and oxygen atoms in total. The summed E-state index contributed by atoms with van der Waals surface area (Å²) in [7, 11) is 0. The van der Waals surface area contributed by atoms with Crippen LogP contribution in [0, 0.1) is 0 Å². The quantitative estimate of drug-likeness (QED) is 0.327. The number of ether oxygens (including phenoxy) is 2. The molecule has 0 aromatic heterocycles. The first kappa shape index (κ1) is 16.9. The zero-order valence-electron chi connectivity index (χ0n) is 9.49. The monoisotopic (exact) mass is 225 g/mol. The van der Waals surface area contributed by atoms with Gasteiger partial charge in [0.1, 0.15) is 0 Å². The Kier molecular flexibility index (Phi) is 9.87. The molecule has 0 unspecified atom stereocenters. The number of carbonyl (C=O) groups is 2. The predicted octanol–water partition coefficient (Wildman–Crippen LogP) is 0.564. The first-order valence-corrected chi connectivity index (χ1v) is 4.28. The largest absolute Gasteiger partial charge is 0.501 e. The topological polar surface area (TPSA) is 72.8 Å². The minimum Gasteiger partial charge on any atom is -0.501 e. The van der Waals surface area contributed by atoms with Gasteiger partial charge in [-0.25, -0.2) is 9.59 Å². The fourth-order valence-corrected chi connectivity index (χ4v) is 0.689. The molecule has 0 aliphatic heterocycles. The summed E-state index contributed by atoms with van der Waals surface area (Å²) in [5.74, 6) is -2.35. The molecule has 0 amide bonds. The van der Waals surface area contributed by atoms with Crippen molar-refractivity contribution >= 4 is 41.5 Å². The number of hydrogen-bond donors (Lipinski definition) is 1. The Balaban J connectivity index is 0. The second kappa shape index (κ2) is 8.76. The summed E-state index contributed by atoms with van der Waals surface area (Å²) in [6, 6.07) is 0. The van der Waals surface area contributed by atoms with Crippen LogP contribution in [0.25, 0.3) is 0 Å². The summed E-state index contributed by atoms with van der Waals surface area (Å²) >= 11 is 0. The Morgan fingerprint density at radius 2 is 1.47 bits per heavy atom. The van der Waals surface area contributed by atoms with Gasteiger partial charge in [0.2, 0.25) is 5.76 Å². The molecular formula is C9H14NaO5. The number of hydrogen-bond acceptors (Lipinski definition) is 5. The Labute approximate surface area is 111 Å². The molecule has 0 rings (SSSR count). The average molecular weight is 225 g/mol. The number of esters is 2. The van der Waals surface area contributed by atoms with Crippen molar-refractivity contribution in [3.63, 3.8) is 0 Å². The van der Waals surface area contributed by atoms with Gasteiger partial charge >= 0.3 is 11.9 Å². The standard InChI is InChI=1S/C9H14O5.Na/c1-4-13-8(11)6(3)7(10)9(12)14-5-2;/h10H,4-5H2,1-3H3;/b7-6-;. The van der Waals surface area contributed by atoms with Crippen molar-refractivity contribution in [2.45, 2.75) is 20.8 Å². The number of rotatable bonds is 4.